The van der Waals surface area contributed by atoms with Gasteiger partial charge < -0.3 is 25.5 Å². The van der Waals surface area contributed by atoms with Gasteiger partial charge in [-0.1, -0.05) is 24.3 Å². The molecule has 0 spiro atoms. The molecule has 1 amide bonds. The molecule has 0 aliphatic rings. The molecule has 0 saturated carbocycles. The van der Waals surface area contributed by atoms with Gasteiger partial charge in [0.25, 0.3) is 5.91 Å². The zero-order valence-corrected chi connectivity index (χ0v) is 17.5. The van der Waals surface area contributed by atoms with Crippen molar-refractivity contribution in [3.05, 3.63) is 78.3 Å². The number of halogens is 1. The van der Waals surface area contributed by atoms with E-state index in [1.165, 1.54) is 6.26 Å². The molecule has 0 saturated heterocycles. The van der Waals surface area contributed by atoms with E-state index < -0.39 is 0 Å². The van der Waals surface area contributed by atoms with Gasteiger partial charge in [0.15, 0.2) is 11.7 Å². The molecule has 0 unspecified atom stereocenters. The Hall–Kier alpha value is -3.01. The van der Waals surface area contributed by atoms with Crippen molar-refractivity contribution < 1.29 is 13.9 Å². The fraction of sp³-hybridized carbons (Fsp3) is 0.100. The quantitative estimate of drug-likeness (QED) is 0.274. The van der Waals surface area contributed by atoms with Crippen LogP contribution in [0.1, 0.15) is 16.1 Å². The van der Waals surface area contributed by atoms with Crippen molar-refractivity contribution in [3.63, 3.8) is 0 Å². The van der Waals surface area contributed by atoms with Crippen LogP contribution in [-0.2, 0) is 6.54 Å². The first-order valence-corrected chi connectivity index (χ1v) is 8.29. The van der Waals surface area contributed by atoms with Crippen LogP contribution in [0.15, 0.2) is 76.3 Å². The lowest BCUT2D eigenvalue weighted by Crippen LogP contribution is -2.22. The van der Waals surface area contributed by atoms with E-state index in [0.29, 0.717) is 18.0 Å². The van der Waals surface area contributed by atoms with Crippen molar-refractivity contribution in [3.8, 4) is 5.75 Å². The minimum Gasteiger partial charge on any atom is -0.495 e. The summed E-state index contributed by atoms with van der Waals surface area (Å²) in [5.74, 6) is 0.942. The topological polar surface area (TPSA) is 102 Å². The van der Waals surface area contributed by atoms with E-state index in [2.05, 4.69) is 15.6 Å². The molecule has 3 aromatic rings. The third-order valence-electron chi connectivity index (χ3n) is 3.76. The maximum Gasteiger partial charge on any atom is 0.291 e. The summed E-state index contributed by atoms with van der Waals surface area (Å²) in [6.07, 6.45) is 1.46. The molecule has 0 radical (unpaired) electrons. The van der Waals surface area contributed by atoms with Crippen LogP contribution in [0, 0.1) is 0 Å². The summed E-state index contributed by atoms with van der Waals surface area (Å²) >= 11 is 0. The van der Waals surface area contributed by atoms with E-state index >= 15 is 0 Å². The second kappa shape index (κ2) is 10.4. The third kappa shape index (κ3) is 5.74. The van der Waals surface area contributed by atoms with Gasteiger partial charge in [-0.15, -0.1) is 24.0 Å². The van der Waals surface area contributed by atoms with Crippen LogP contribution in [0.25, 0.3) is 0 Å². The molecular formula is C20H21IN4O3. The van der Waals surface area contributed by atoms with Gasteiger partial charge in [0.1, 0.15) is 5.75 Å². The van der Waals surface area contributed by atoms with Gasteiger partial charge >= 0.3 is 0 Å². The number of ether oxygens (including phenoxy) is 1. The molecule has 0 aliphatic heterocycles. The van der Waals surface area contributed by atoms with Crippen molar-refractivity contribution in [2.24, 2.45) is 10.7 Å². The van der Waals surface area contributed by atoms with Gasteiger partial charge in [-0.3, -0.25) is 4.79 Å². The van der Waals surface area contributed by atoms with E-state index in [1.54, 1.807) is 31.4 Å². The first-order chi connectivity index (χ1) is 13.2. The number of benzene rings is 2. The summed E-state index contributed by atoms with van der Waals surface area (Å²) in [7, 11) is 1.60. The van der Waals surface area contributed by atoms with Crippen molar-refractivity contribution in [1.82, 2.24) is 0 Å². The number of guanidine groups is 1. The minimum absolute atomic E-state index is 0. The number of hydrogen-bond acceptors (Lipinski definition) is 4. The number of nitrogens with zero attached hydrogens (tertiary/aromatic N) is 1. The summed E-state index contributed by atoms with van der Waals surface area (Å²) in [6.45, 7) is 0.403. The molecule has 146 valence electrons. The van der Waals surface area contributed by atoms with Gasteiger partial charge in [-0.2, -0.15) is 0 Å². The van der Waals surface area contributed by atoms with Crippen molar-refractivity contribution >= 4 is 47.2 Å². The van der Waals surface area contributed by atoms with E-state index in [1.807, 2.05) is 36.4 Å². The van der Waals surface area contributed by atoms with Crippen LogP contribution in [0.4, 0.5) is 11.4 Å². The number of furan rings is 1. The Kier molecular flexibility index (Phi) is 7.88. The largest absolute Gasteiger partial charge is 0.495 e. The molecule has 2 aromatic carbocycles. The molecule has 0 atom stereocenters. The van der Waals surface area contributed by atoms with Gasteiger partial charge in [0.2, 0.25) is 0 Å². The first kappa shape index (κ1) is 21.3. The normalized spacial score (nSPS) is 10.7. The third-order valence-corrected chi connectivity index (χ3v) is 3.76. The molecule has 28 heavy (non-hydrogen) atoms. The molecule has 0 bridgehead atoms. The first-order valence-electron chi connectivity index (χ1n) is 8.29. The lowest BCUT2D eigenvalue weighted by Gasteiger charge is -2.10. The molecule has 1 heterocycles. The average Bonchev–Trinajstić information content (AvgIpc) is 3.23. The number of nitrogens with two attached hydrogens (primary N) is 1. The van der Waals surface area contributed by atoms with Gasteiger partial charge in [0, 0.05) is 5.69 Å². The fourth-order valence-electron chi connectivity index (χ4n) is 2.40. The highest BCUT2D eigenvalue weighted by Gasteiger charge is 2.08. The Morgan fingerprint density at radius 1 is 1.07 bits per heavy atom. The lowest BCUT2D eigenvalue weighted by molar-refractivity contribution is 0.0996. The zero-order chi connectivity index (χ0) is 19.1. The van der Waals surface area contributed by atoms with Gasteiger partial charge in [0.05, 0.1) is 25.6 Å². The summed E-state index contributed by atoms with van der Waals surface area (Å²) < 4.78 is 10.3. The molecule has 4 N–H and O–H groups in total. The summed E-state index contributed by atoms with van der Waals surface area (Å²) in [5.41, 5.74) is 8.32. The highest BCUT2D eigenvalue weighted by atomic mass is 127. The zero-order valence-electron chi connectivity index (χ0n) is 15.2. The predicted molar refractivity (Wildman–Crippen MR) is 120 cm³/mol. The van der Waals surface area contributed by atoms with E-state index in [9.17, 15) is 4.79 Å². The van der Waals surface area contributed by atoms with Crippen LogP contribution in [0.2, 0.25) is 0 Å². The number of rotatable bonds is 6. The Morgan fingerprint density at radius 3 is 2.50 bits per heavy atom. The molecule has 1 aromatic heterocycles. The Bertz CT molecular complexity index is 925. The second-order valence-corrected chi connectivity index (χ2v) is 5.66. The average molecular weight is 492 g/mol. The van der Waals surface area contributed by atoms with E-state index in [4.69, 9.17) is 14.9 Å². The fourth-order valence-corrected chi connectivity index (χ4v) is 2.40. The maximum absolute atomic E-state index is 11.9. The Balaban J connectivity index is 0.00000280. The number of amides is 1. The van der Waals surface area contributed by atoms with Gasteiger partial charge in [-0.25, -0.2) is 4.99 Å². The SMILES string of the molecule is COc1ccccc1NC(N)=NCc1ccc(NC(=O)c2ccco2)cc1.I. The number of hydrogen-bond donors (Lipinski definition) is 3. The predicted octanol–water partition coefficient (Wildman–Crippen LogP) is 4.09. The van der Waals surface area contributed by atoms with Crippen molar-refractivity contribution in [1.29, 1.82) is 0 Å². The van der Waals surface area contributed by atoms with Crippen LogP contribution in [0.3, 0.4) is 0 Å². The number of anilines is 2. The van der Waals surface area contributed by atoms with Crippen LogP contribution in [-0.4, -0.2) is 19.0 Å². The monoisotopic (exact) mass is 492 g/mol. The number of carbonyl (C=O) groups is 1. The van der Waals surface area contributed by atoms with E-state index in [0.717, 1.165) is 11.3 Å². The number of nitrogens with one attached hydrogen (secondary N) is 2. The molecular weight excluding hydrogens is 471 g/mol. The van der Waals surface area contributed by atoms with Crippen molar-refractivity contribution in [2.45, 2.75) is 6.54 Å². The number of aliphatic imine (C=N–C) groups is 1. The van der Waals surface area contributed by atoms with Crippen LogP contribution >= 0.6 is 24.0 Å². The molecule has 8 heteroatoms. The van der Waals surface area contributed by atoms with E-state index in [-0.39, 0.29) is 41.6 Å². The Labute approximate surface area is 180 Å². The minimum atomic E-state index is -0.295. The lowest BCUT2D eigenvalue weighted by atomic mass is 10.2. The van der Waals surface area contributed by atoms with Crippen LogP contribution < -0.4 is 21.1 Å². The summed E-state index contributed by atoms with van der Waals surface area (Å²) in [4.78, 5) is 16.3. The number of carbonyl (C=O) groups excluding carboxylic acids is 1. The summed E-state index contributed by atoms with van der Waals surface area (Å²) in [6, 6.07) is 18.1. The molecule has 3 rings (SSSR count). The van der Waals surface area contributed by atoms with Crippen molar-refractivity contribution in [2.75, 3.05) is 17.7 Å². The highest BCUT2D eigenvalue weighted by molar-refractivity contribution is 14.0. The Morgan fingerprint density at radius 2 is 1.82 bits per heavy atom. The van der Waals surface area contributed by atoms with Crippen LogP contribution in [0.5, 0.6) is 5.75 Å². The highest BCUT2D eigenvalue weighted by Crippen LogP contribution is 2.22. The molecule has 0 aliphatic carbocycles. The van der Waals surface area contributed by atoms with Gasteiger partial charge in [-0.05, 0) is 42.0 Å². The standard InChI is InChI=1S/C20H20N4O3.HI/c1-26-17-6-3-2-5-16(17)24-20(21)22-13-14-8-10-15(11-9-14)23-19(25)18-7-4-12-27-18;/h2-12H,13H2,1H3,(H,23,25)(H3,21,22,24);1H. The smallest absolute Gasteiger partial charge is 0.291 e. The molecule has 0 fully saturated rings. The molecule has 7 nitrogen and oxygen atoms in total. The number of para-hydroxylation sites is 2. The maximum atomic E-state index is 11.9. The second-order valence-electron chi connectivity index (χ2n) is 5.66. The summed E-state index contributed by atoms with van der Waals surface area (Å²) in [5, 5.41) is 5.78. The number of methoxy groups -OCH3 is 1.